The van der Waals surface area contributed by atoms with Gasteiger partial charge in [0.05, 0.1) is 13.2 Å². The number of methoxy groups -OCH3 is 1. The molecule has 5 rings (SSSR count). The maximum absolute atomic E-state index is 12.8. The number of carbonyl (C=O) groups excluding carboxylic acids is 2. The summed E-state index contributed by atoms with van der Waals surface area (Å²) in [4.78, 5) is 33.6. The second-order valence-corrected chi connectivity index (χ2v) is 9.22. The van der Waals surface area contributed by atoms with Crippen molar-refractivity contribution in [2.45, 2.75) is 50.8 Å². The minimum atomic E-state index is -0.273. The molecule has 0 radical (unpaired) electrons. The molecule has 1 aromatic heterocycles. The van der Waals surface area contributed by atoms with Crippen LogP contribution in [-0.2, 0) is 16.0 Å². The summed E-state index contributed by atoms with van der Waals surface area (Å²) in [7, 11) is 1.61. The van der Waals surface area contributed by atoms with Gasteiger partial charge in [-0.1, -0.05) is 35.5 Å². The Morgan fingerprint density at radius 2 is 1.81 bits per heavy atom. The van der Waals surface area contributed by atoms with Crippen molar-refractivity contribution in [2.24, 2.45) is 0 Å². The number of carbonyl (C=O) groups is 2. The first kappa shape index (κ1) is 23.8. The summed E-state index contributed by atoms with van der Waals surface area (Å²) in [6.45, 7) is 3.25. The molecule has 0 spiro atoms. The Kier molecular flexibility index (Phi) is 6.88. The maximum atomic E-state index is 12.8. The number of benzene rings is 2. The lowest BCUT2D eigenvalue weighted by atomic mass is 9.98. The van der Waals surface area contributed by atoms with Gasteiger partial charge in [-0.3, -0.25) is 9.69 Å². The van der Waals surface area contributed by atoms with Gasteiger partial charge in [-0.25, -0.2) is 4.79 Å². The molecule has 2 unspecified atom stereocenters. The number of hydrogen-bond acceptors (Lipinski definition) is 7. The molecule has 188 valence electrons. The zero-order chi connectivity index (χ0) is 25.1. The third-order valence-electron chi connectivity index (χ3n) is 7.02. The highest BCUT2D eigenvalue weighted by Crippen LogP contribution is 2.35. The normalized spacial score (nSPS) is 20.4. The van der Waals surface area contributed by atoms with Crippen molar-refractivity contribution in [1.29, 1.82) is 0 Å². The molecule has 2 saturated heterocycles. The summed E-state index contributed by atoms with van der Waals surface area (Å²) in [6.07, 6.45) is 1.60. The summed E-state index contributed by atoms with van der Waals surface area (Å²) in [6, 6.07) is 17.3. The Hall–Kier alpha value is -3.88. The van der Waals surface area contributed by atoms with Gasteiger partial charge in [-0.15, -0.1) is 0 Å². The van der Waals surface area contributed by atoms with Crippen LogP contribution < -0.4 is 4.74 Å². The topological polar surface area (TPSA) is 98.0 Å². The lowest BCUT2D eigenvalue weighted by Gasteiger charge is -2.37. The van der Waals surface area contributed by atoms with E-state index in [0.29, 0.717) is 37.6 Å². The van der Waals surface area contributed by atoms with E-state index in [2.05, 4.69) is 10.1 Å². The van der Waals surface area contributed by atoms with Gasteiger partial charge in [-0.05, 0) is 49.6 Å². The summed E-state index contributed by atoms with van der Waals surface area (Å²) < 4.78 is 16.2. The van der Waals surface area contributed by atoms with Crippen molar-refractivity contribution in [3.05, 3.63) is 66.1 Å². The second-order valence-electron chi connectivity index (χ2n) is 9.22. The first-order valence-corrected chi connectivity index (χ1v) is 12.3. The summed E-state index contributed by atoms with van der Waals surface area (Å²) >= 11 is 0. The number of rotatable bonds is 7. The molecule has 0 saturated carbocycles. The fraction of sp³-hybridized carbons (Fsp3) is 0.407. The highest BCUT2D eigenvalue weighted by molar-refractivity contribution is 5.76. The molecule has 2 atom stereocenters. The molecule has 2 aromatic carbocycles. The molecule has 2 fully saturated rings. The zero-order valence-electron chi connectivity index (χ0n) is 20.5. The van der Waals surface area contributed by atoms with Crippen molar-refractivity contribution in [3.8, 4) is 17.1 Å². The zero-order valence-corrected chi connectivity index (χ0v) is 20.5. The van der Waals surface area contributed by atoms with Gasteiger partial charge >= 0.3 is 6.09 Å². The minimum Gasteiger partial charge on any atom is -0.497 e. The fourth-order valence-electron chi connectivity index (χ4n) is 5.03. The molecule has 0 aliphatic carbocycles. The van der Waals surface area contributed by atoms with Gasteiger partial charge in [-0.2, -0.15) is 4.98 Å². The average molecular weight is 491 g/mol. The molecule has 2 aliphatic rings. The van der Waals surface area contributed by atoms with E-state index in [0.717, 1.165) is 29.7 Å². The van der Waals surface area contributed by atoms with Crippen LogP contribution in [0.4, 0.5) is 4.79 Å². The van der Waals surface area contributed by atoms with E-state index in [1.807, 2.05) is 71.3 Å². The smallest absolute Gasteiger partial charge is 0.411 e. The number of aromatic nitrogens is 2. The van der Waals surface area contributed by atoms with Crippen LogP contribution in [0.1, 0.15) is 43.7 Å². The van der Waals surface area contributed by atoms with E-state index in [-0.39, 0.29) is 30.2 Å². The van der Waals surface area contributed by atoms with Gasteiger partial charge in [0.25, 0.3) is 0 Å². The van der Waals surface area contributed by atoms with E-state index in [9.17, 15) is 9.59 Å². The van der Waals surface area contributed by atoms with E-state index < -0.39 is 0 Å². The Morgan fingerprint density at radius 1 is 1.08 bits per heavy atom. The van der Waals surface area contributed by atoms with Gasteiger partial charge in [0.1, 0.15) is 11.9 Å². The standard InChI is InChI=1S/C27H30N4O5/c1-18-25(19-6-4-3-5-7-19)35-27(33)31(18)21-14-16-30(17-15-21)24(32)13-12-23-28-26(29-36-23)20-8-10-22(34-2)11-9-20/h3-11,18,21,25H,12-17H2,1-2H3. The molecule has 3 heterocycles. The van der Waals surface area contributed by atoms with Crippen molar-refractivity contribution in [1.82, 2.24) is 19.9 Å². The number of piperidine rings is 1. The number of cyclic esters (lactones) is 1. The van der Waals surface area contributed by atoms with Gasteiger partial charge in [0.2, 0.25) is 17.6 Å². The molecule has 2 amide bonds. The maximum Gasteiger partial charge on any atom is 0.411 e. The third kappa shape index (κ3) is 4.91. The number of amides is 2. The van der Waals surface area contributed by atoms with Gasteiger partial charge < -0.3 is 18.9 Å². The Bertz CT molecular complexity index is 1190. The molecule has 36 heavy (non-hydrogen) atoms. The van der Waals surface area contributed by atoms with E-state index >= 15 is 0 Å². The van der Waals surface area contributed by atoms with Crippen LogP contribution in [0.5, 0.6) is 5.75 Å². The van der Waals surface area contributed by atoms with E-state index in [4.69, 9.17) is 14.0 Å². The molecular formula is C27H30N4O5. The number of likely N-dealkylation sites (tertiary alicyclic amines) is 1. The van der Waals surface area contributed by atoms with Crippen LogP contribution in [-0.4, -0.2) is 64.2 Å². The molecule has 2 aliphatic heterocycles. The van der Waals surface area contributed by atoms with Crippen LogP contribution >= 0.6 is 0 Å². The summed E-state index contributed by atoms with van der Waals surface area (Å²) in [5, 5.41) is 4.03. The number of nitrogens with zero attached hydrogens (tertiary/aromatic N) is 4. The second kappa shape index (κ2) is 10.4. The van der Waals surface area contributed by atoms with Crippen LogP contribution in [0.25, 0.3) is 11.4 Å². The van der Waals surface area contributed by atoms with Gasteiger partial charge in [0.15, 0.2) is 0 Å². The van der Waals surface area contributed by atoms with Crippen LogP contribution in [0.3, 0.4) is 0 Å². The molecular weight excluding hydrogens is 460 g/mol. The minimum absolute atomic E-state index is 0.0513. The Balaban J connectivity index is 1.11. The summed E-state index contributed by atoms with van der Waals surface area (Å²) in [5.41, 5.74) is 1.83. The first-order valence-electron chi connectivity index (χ1n) is 12.3. The molecule has 9 heteroatoms. The predicted octanol–water partition coefficient (Wildman–Crippen LogP) is 4.25. The highest BCUT2D eigenvalue weighted by atomic mass is 16.6. The number of ether oxygens (including phenoxy) is 2. The van der Waals surface area contributed by atoms with Crippen LogP contribution in [0.15, 0.2) is 59.1 Å². The monoisotopic (exact) mass is 490 g/mol. The van der Waals surface area contributed by atoms with E-state index in [1.54, 1.807) is 7.11 Å². The largest absolute Gasteiger partial charge is 0.497 e. The Labute approximate surface area is 210 Å². The molecule has 3 aromatic rings. The van der Waals surface area contributed by atoms with Crippen LogP contribution in [0.2, 0.25) is 0 Å². The quantitative estimate of drug-likeness (QED) is 0.488. The molecule has 0 bridgehead atoms. The predicted molar refractivity (Wildman–Crippen MR) is 131 cm³/mol. The summed E-state index contributed by atoms with van der Waals surface area (Å²) in [5.74, 6) is 1.73. The molecule has 0 N–H and O–H groups in total. The van der Waals surface area contributed by atoms with Gasteiger partial charge in [0, 0.05) is 37.5 Å². The highest BCUT2D eigenvalue weighted by Gasteiger charge is 2.44. The SMILES string of the molecule is COc1ccc(-c2noc(CCC(=O)N3CCC(N4C(=O)OC(c5ccccc5)C4C)CC3)n2)cc1. The van der Waals surface area contributed by atoms with Crippen LogP contribution in [0, 0.1) is 0 Å². The Morgan fingerprint density at radius 3 is 2.50 bits per heavy atom. The average Bonchev–Trinajstić information content (AvgIpc) is 3.52. The first-order chi connectivity index (χ1) is 17.5. The van der Waals surface area contributed by atoms with Crippen molar-refractivity contribution < 1.29 is 23.6 Å². The van der Waals surface area contributed by atoms with Crippen molar-refractivity contribution >= 4 is 12.0 Å². The van der Waals surface area contributed by atoms with Crippen molar-refractivity contribution in [2.75, 3.05) is 20.2 Å². The van der Waals surface area contributed by atoms with Crippen molar-refractivity contribution in [3.63, 3.8) is 0 Å². The number of hydrogen-bond donors (Lipinski definition) is 0. The number of aryl methyl sites for hydroxylation is 1. The lowest BCUT2D eigenvalue weighted by Crippen LogP contribution is -2.49. The van der Waals surface area contributed by atoms with E-state index in [1.165, 1.54) is 0 Å². The third-order valence-corrected chi connectivity index (χ3v) is 7.02. The fourth-order valence-corrected chi connectivity index (χ4v) is 5.03. The lowest BCUT2D eigenvalue weighted by molar-refractivity contribution is -0.132. The molecule has 9 nitrogen and oxygen atoms in total.